The third kappa shape index (κ3) is 5.62. The predicted octanol–water partition coefficient (Wildman–Crippen LogP) is -1.65. The minimum atomic E-state index is -5.37. The maximum atomic E-state index is 13.1. The van der Waals surface area contributed by atoms with Crippen LogP contribution >= 0.6 is 15.6 Å². The number of hydrogen-bond acceptors (Lipinski definition) is 11. The number of nitrogens with zero attached hydrogens (tertiary/aromatic N) is 3. The van der Waals surface area contributed by atoms with E-state index in [0.717, 1.165) is 21.4 Å². The van der Waals surface area contributed by atoms with Crippen LogP contribution in [0.2, 0.25) is 0 Å². The lowest BCUT2D eigenvalue weighted by molar-refractivity contribution is -0.0547. The molecule has 1 fully saturated rings. The molecule has 4 unspecified atom stereocenters. The monoisotopic (exact) mass is 537 g/mol. The third-order valence-electron chi connectivity index (χ3n) is 5.40. The van der Waals surface area contributed by atoms with Gasteiger partial charge in [-0.05, 0) is 6.08 Å². The number of hydrogen-bond donors (Lipinski definition) is 5. The van der Waals surface area contributed by atoms with Gasteiger partial charge in [-0.2, -0.15) is 4.31 Å². The second kappa shape index (κ2) is 9.67. The van der Waals surface area contributed by atoms with Crippen LogP contribution in [-0.4, -0.2) is 70.8 Å². The molecule has 1 aliphatic carbocycles. The molecule has 0 amide bonds. The lowest BCUT2D eigenvalue weighted by Crippen LogP contribution is -2.44. The SMILES string of the molecule is O=c1ccn([C@@H]2O[C@H](COP(=O)(O)OP(=O)(O)O)C(O)[C@@H]2O)c(=O)n1CC1=NOC2C=CC=CC12. The number of aliphatic hydroxyl groups is 2. The maximum Gasteiger partial charge on any atom is 0.481 e. The fourth-order valence-electron chi connectivity index (χ4n) is 3.77. The topological polar surface area (TPSA) is 229 Å². The van der Waals surface area contributed by atoms with Gasteiger partial charge in [0, 0.05) is 12.3 Å². The fourth-order valence-corrected chi connectivity index (χ4v) is 5.37. The van der Waals surface area contributed by atoms with Gasteiger partial charge in [0.05, 0.1) is 24.8 Å². The number of aromatic nitrogens is 2. The van der Waals surface area contributed by atoms with Crippen molar-refractivity contribution in [3.8, 4) is 0 Å². The van der Waals surface area contributed by atoms with Crippen molar-refractivity contribution in [1.29, 1.82) is 0 Å². The number of fused-ring (bicyclic) bond motifs is 1. The number of phosphoric acid groups is 2. The standard InChI is InChI=1S/C17H21N3O13P2/c21-13-5-6-19(17(24)20(13)7-10-9-3-1-2-4-11(9)32-18-10)16-15(23)14(22)12(31-16)8-30-35(28,29)33-34(25,26)27/h1-6,9,11-12,14-16,22-23H,7-8H2,(H,28,29)(H2,25,26,27)/t9?,11?,12-,14?,15+,16-/m1/s1. The van der Waals surface area contributed by atoms with Crippen molar-refractivity contribution in [3.05, 3.63) is 57.4 Å². The Morgan fingerprint density at radius 2 is 1.80 bits per heavy atom. The van der Waals surface area contributed by atoms with Gasteiger partial charge in [-0.25, -0.2) is 13.9 Å². The Balaban J connectivity index is 1.51. The van der Waals surface area contributed by atoms with Crippen LogP contribution < -0.4 is 11.2 Å². The number of ether oxygens (including phenoxy) is 1. The summed E-state index contributed by atoms with van der Waals surface area (Å²) in [6.45, 7) is -1.16. The van der Waals surface area contributed by atoms with Crippen molar-refractivity contribution in [3.63, 3.8) is 0 Å². The highest BCUT2D eigenvalue weighted by atomic mass is 31.3. The molecule has 1 saturated heterocycles. The Morgan fingerprint density at radius 1 is 1.09 bits per heavy atom. The molecule has 0 saturated carbocycles. The highest BCUT2D eigenvalue weighted by Crippen LogP contribution is 2.57. The molecule has 0 aromatic carbocycles. The Morgan fingerprint density at radius 3 is 2.51 bits per heavy atom. The predicted molar refractivity (Wildman–Crippen MR) is 114 cm³/mol. The van der Waals surface area contributed by atoms with Crippen LogP contribution in [0.15, 0.2) is 51.3 Å². The number of allylic oxidation sites excluding steroid dienone is 2. The summed E-state index contributed by atoms with van der Waals surface area (Å²) in [6.07, 6.45) is 1.30. The first-order valence-electron chi connectivity index (χ1n) is 10.0. The maximum absolute atomic E-state index is 13.1. The first-order chi connectivity index (χ1) is 16.4. The van der Waals surface area contributed by atoms with E-state index < -0.39 is 58.0 Å². The highest BCUT2D eigenvalue weighted by molar-refractivity contribution is 7.60. The van der Waals surface area contributed by atoms with Crippen LogP contribution in [0, 0.1) is 5.92 Å². The van der Waals surface area contributed by atoms with Gasteiger partial charge < -0.3 is 34.5 Å². The van der Waals surface area contributed by atoms with Crippen molar-refractivity contribution in [1.82, 2.24) is 9.13 Å². The van der Waals surface area contributed by atoms with E-state index in [-0.39, 0.29) is 18.6 Å². The Bertz CT molecular complexity index is 1280. The molecule has 18 heteroatoms. The van der Waals surface area contributed by atoms with Gasteiger partial charge in [-0.15, -0.1) is 0 Å². The zero-order chi connectivity index (χ0) is 25.5. The number of rotatable bonds is 8. The Labute approximate surface area is 195 Å². The molecule has 3 aliphatic rings. The molecular weight excluding hydrogens is 516 g/mol. The molecule has 0 spiro atoms. The van der Waals surface area contributed by atoms with Gasteiger partial charge >= 0.3 is 21.3 Å². The van der Waals surface area contributed by atoms with Crippen molar-refractivity contribution in [2.75, 3.05) is 6.61 Å². The van der Waals surface area contributed by atoms with Crippen LogP contribution in [0.4, 0.5) is 0 Å². The molecule has 3 heterocycles. The molecule has 7 atom stereocenters. The summed E-state index contributed by atoms with van der Waals surface area (Å²) in [4.78, 5) is 57.4. The van der Waals surface area contributed by atoms with Crippen molar-refractivity contribution < 1.29 is 52.4 Å². The van der Waals surface area contributed by atoms with Gasteiger partial charge in [-0.1, -0.05) is 23.4 Å². The smallest absolute Gasteiger partial charge is 0.387 e. The van der Waals surface area contributed by atoms with E-state index in [1.807, 2.05) is 6.08 Å². The van der Waals surface area contributed by atoms with E-state index in [0.29, 0.717) is 5.71 Å². The van der Waals surface area contributed by atoms with E-state index in [1.54, 1.807) is 18.2 Å². The zero-order valence-electron chi connectivity index (χ0n) is 17.6. The van der Waals surface area contributed by atoms with Gasteiger partial charge in [0.2, 0.25) is 0 Å². The van der Waals surface area contributed by atoms with E-state index in [4.69, 9.17) is 19.4 Å². The van der Waals surface area contributed by atoms with E-state index in [9.17, 15) is 33.8 Å². The van der Waals surface area contributed by atoms with Crippen molar-refractivity contribution >= 4 is 21.4 Å². The summed E-state index contributed by atoms with van der Waals surface area (Å²) in [7, 11) is -10.6. The highest BCUT2D eigenvalue weighted by Gasteiger charge is 2.46. The number of aliphatic hydroxyl groups excluding tert-OH is 2. The van der Waals surface area contributed by atoms with E-state index in [2.05, 4.69) is 14.0 Å². The van der Waals surface area contributed by atoms with Crippen molar-refractivity contribution in [2.24, 2.45) is 11.1 Å². The lowest BCUT2D eigenvalue weighted by Gasteiger charge is -2.19. The first-order valence-corrected chi connectivity index (χ1v) is 13.0. The summed E-state index contributed by atoms with van der Waals surface area (Å²) < 4.78 is 37.5. The molecule has 4 rings (SSSR count). The normalized spacial score (nSPS) is 31.6. The molecule has 192 valence electrons. The summed E-state index contributed by atoms with van der Waals surface area (Å²) in [5.74, 6) is -0.277. The van der Waals surface area contributed by atoms with E-state index >= 15 is 0 Å². The molecule has 35 heavy (non-hydrogen) atoms. The molecule has 2 aliphatic heterocycles. The number of oxime groups is 1. The third-order valence-corrected chi connectivity index (χ3v) is 7.55. The zero-order valence-corrected chi connectivity index (χ0v) is 19.4. The average molecular weight is 537 g/mol. The van der Waals surface area contributed by atoms with Gasteiger partial charge in [0.15, 0.2) is 12.3 Å². The molecule has 1 aromatic rings. The fraction of sp³-hybridized carbons (Fsp3) is 0.471. The second-order valence-electron chi connectivity index (χ2n) is 7.76. The molecule has 1 aromatic heterocycles. The Hall–Kier alpha value is -2.23. The quantitative estimate of drug-likeness (QED) is 0.235. The average Bonchev–Trinajstić information content (AvgIpc) is 3.30. The molecule has 5 N–H and O–H groups in total. The molecule has 16 nitrogen and oxygen atoms in total. The lowest BCUT2D eigenvalue weighted by atomic mass is 9.93. The van der Waals surface area contributed by atoms with Crippen LogP contribution in [0.1, 0.15) is 6.23 Å². The van der Waals surface area contributed by atoms with E-state index in [1.165, 1.54) is 0 Å². The molecule has 0 radical (unpaired) electrons. The van der Waals surface area contributed by atoms with Crippen LogP contribution in [-0.2, 0) is 34.1 Å². The summed E-state index contributed by atoms with van der Waals surface area (Å²) in [5, 5.41) is 24.6. The number of phosphoric ester groups is 1. The Kier molecular flexibility index (Phi) is 7.14. The molecular formula is C17H21N3O13P2. The van der Waals surface area contributed by atoms with Gasteiger partial charge in [0.25, 0.3) is 5.56 Å². The summed E-state index contributed by atoms with van der Waals surface area (Å²) in [6, 6.07) is 1.04. The van der Waals surface area contributed by atoms with Crippen LogP contribution in [0.25, 0.3) is 0 Å². The first kappa shape index (κ1) is 25.9. The van der Waals surface area contributed by atoms with Crippen LogP contribution in [0.3, 0.4) is 0 Å². The van der Waals surface area contributed by atoms with Gasteiger partial charge in [0.1, 0.15) is 18.3 Å². The summed E-state index contributed by atoms with van der Waals surface area (Å²) >= 11 is 0. The largest absolute Gasteiger partial charge is 0.481 e. The van der Waals surface area contributed by atoms with Gasteiger partial charge in [-0.3, -0.25) is 18.5 Å². The van der Waals surface area contributed by atoms with Crippen LogP contribution in [0.5, 0.6) is 0 Å². The molecule has 0 bridgehead atoms. The minimum Gasteiger partial charge on any atom is -0.387 e. The van der Waals surface area contributed by atoms with Crippen molar-refractivity contribution in [2.45, 2.75) is 37.2 Å². The summed E-state index contributed by atoms with van der Waals surface area (Å²) in [5.41, 5.74) is -1.17. The minimum absolute atomic E-state index is 0.219. The second-order valence-corrected chi connectivity index (χ2v) is 10.6.